The van der Waals surface area contributed by atoms with Crippen molar-refractivity contribution in [2.24, 2.45) is 33.0 Å². The molecule has 0 saturated carbocycles. The predicted octanol–water partition coefficient (Wildman–Crippen LogP) is 6.48. The van der Waals surface area contributed by atoms with Crippen molar-refractivity contribution in [2.45, 2.75) is 95.4 Å². The van der Waals surface area contributed by atoms with E-state index in [1.165, 1.54) is 19.2 Å². The molecule has 0 saturated heterocycles. The summed E-state index contributed by atoms with van der Waals surface area (Å²) in [4.78, 5) is 26.7. The summed E-state index contributed by atoms with van der Waals surface area (Å²) in [6.07, 6.45) is 1.79. The van der Waals surface area contributed by atoms with Gasteiger partial charge in [0.05, 0.1) is 18.4 Å². The van der Waals surface area contributed by atoms with E-state index in [0.29, 0.717) is 25.8 Å². The van der Waals surface area contributed by atoms with Gasteiger partial charge in [-0.25, -0.2) is 0 Å². The van der Waals surface area contributed by atoms with Crippen molar-refractivity contribution in [1.82, 2.24) is 5.32 Å². The Morgan fingerprint density at radius 2 is 1.47 bits per heavy atom. The van der Waals surface area contributed by atoms with Crippen molar-refractivity contribution in [3.8, 4) is 11.5 Å². The molecular formula is C30H51NO5. The molecule has 36 heavy (non-hydrogen) atoms. The third kappa shape index (κ3) is 7.39. The van der Waals surface area contributed by atoms with Gasteiger partial charge in [0.15, 0.2) is 11.5 Å². The number of carbonyl (C=O) groups is 2. The number of phenols is 2. The molecule has 3 N–H and O–H groups in total. The zero-order valence-electron chi connectivity index (χ0n) is 24.8. The molecule has 1 rings (SSSR count). The van der Waals surface area contributed by atoms with Crippen LogP contribution in [0.2, 0.25) is 0 Å². The molecular weight excluding hydrogens is 454 g/mol. The number of ether oxygens (including phenoxy) is 1. The lowest BCUT2D eigenvalue weighted by Crippen LogP contribution is -2.56. The maximum atomic E-state index is 13.9. The summed E-state index contributed by atoms with van der Waals surface area (Å²) in [6.45, 7) is 23.7. The van der Waals surface area contributed by atoms with Gasteiger partial charge in [0.2, 0.25) is 5.91 Å². The van der Waals surface area contributed by atoms with Crippen LogP contribution in [-0.2, 0) is 20.7 Å². The monoisotopic (exact) mass is 505 g/mol. The summed E-state index contributed by atoms with van der Waals surface area (Å²) in [5, 5.41) is 22.5. The lowest BCUT2D eigenvalue weighted by molar-refractivity contribution is -0.157. The highest BCUT2D eigenvalue weighted by molar-refractivity contribution is 5.83. The van der Waals surface area contributed by atoms with Crippen molar-refractivity contribution in [1.29, 1.82) is 0 Å². The third-order valence-corrected chi connectivity index (χ3v) is 8.44. The van der Waals surface area contributed by atoms with Crippen LogP contribution in [0.5, 0.6) is 11.5 Å². The molecule has 0 fully saturated rings. The Bertz CT molecular complexity index is 920. The van der Waals surface area contributed by atoms with Crippen LogP contribution in [0.3, 0.4) is 0 Å². The Kier molecular flexibility index (Phi) is 9.73. The Hall–Kier alpha value is -2.24. The number of carbonyl (C=O) groups excluding carboxylic acids is 2. The molecule has 6 heteroatoms. The minimum atomic E-state index is -0.732. The number of aromatic hydroxyl groups is 2. The molecule has 206 valence electrons. The van der Waals surface area contributed by atoms with E-state index in [1.54, 1.807) is 6.07 Å². The highest BCUT2D eigenvalue weighted by Gasteiger charge is 2.56. The fourth-order valence-corrected chi connectivity index (χ4v) is 5.28. The van der Waals surface area contributed by atoms with Crippen molar-refractivity contribution in [2.75, 3.05) is 13.7 Å². The molecule has 0 aromatic heterocycles. The topological polar surface area (TPSA) is 95.9 Å². The van der Waals surface area contributed by atoms with E-state index in [2.05, 4.69) is 74.6 Å². The molecule has 2 unspecified atom stereocenters. The van der Waals surface area contributed by atoms with Gasteiger partial charge in [-0.3, -0.25) is 9.59 Å². The summed E-state index contributed by atoms with van der Waals surface area (Å²) in [6, 6.07) is 4.71. The second kappa shape index (κ2) is 11.0. The van der Waals surface area contributed by atoms with E-state index in [0.717, 1.165) is 5.56 Å². The van der Waals surface area contributed by atoms with Crippen LogP contribution >= 0.6 is 0 Å². The van der Waals surface area contributed by atoms with Gasteiger partial charge in [0, 0.05) is 6.54 Å². The van der Waals surface area contributed by atoms with Gasteiger partial charge in [-0.05, 0) is 58.6 Å². The standard InChI is InChI=1S/C30H51NO5/c1-26(2,3)19-30(11,25(35)31-16-15-20-13-14-22(32)23(33)17-20)29(9,10)28(7,8)18-21(24(34)36-12)27(4,5)6/h13-14,17,21,32-33H,15-16,18-19H2,1-12H3,(H,31,35). The first-order valence-electron chi connectivity index (χ1n) is 13.0. The van der Waals surface area contributed by atoms with E-state index in [1.807, 2.05) is 6.92 Å². The Labute approximate surface area is 219 Å². The number of amides is 1. The highest BCUT2D eigenvalue weighted by Crippen LogP contribution is 2.58. The molecule has 1 aromatic carbocycles. The molecule has 1 aromatic rings. The SMILES string of the molecule is COC(=O)C(CC(C)(C)C(C)(C)C(C)(CC(C)(C)C)C(=O)NCCc1ccc(O)c(O)c1)C(C)(C)C. The maximum absolute atomic E-state index is 13.9. The normalized spacial score (nSPS) is 15.7. The van der Waals surface area contributed by atoms with Gasteiger partial charge in [-0.2, -0.15) is 0 Å². The summed E-state index contributed by atoms with van der Waals surface area (Å²) < 4.78 is 5.17. The number of phenolic OH excluding ortho intramolecular Hbond substituents is 2. The van der Waals surface area contributed by atoms with E-state index < -0.39 is 10.8 Å². The van der Waals surface area contributed by atoms with Crippen LogP contribution in [0.25, 0.3) is 0 Å². The Morgan fingerprint density at radius 3 is 1.92 bits per heavy atom. The van der Waals surface area contributed by atoms with Gasteiger partial charge in [0.25, 0.3) is 0 Å². The molecule has 0 bridgehead atoms. The van der Waals surface area contributed by atoms with E-state index in [-0.39, 0.29) is 45.5 Å². The molecule has 0 spiro atoms. The quantitative estimate of drug-likeness (QED) is 0.250. The van der Waals surface area contributed by atoms with E-state index in [9.17, 15) is 19.8 Å². The second-order valence-electron chi connectivity index (χ2n) is 14.1. The molecule has 6 nitrogen and oxygen atoms in total. The predicted molar refractivity (Wildman–Crippen MR) is 146 cm³/mol. The molecule has 0 aliphatic heterocycles. The first kappa shape index (κ1) is 31.8. The summed E-state index contributed by atoms with van der Waals surface area (Å²) in [5.74, 6) is -0.876. The van der Waals surface area contributed by atoms with Crippen LogP contribution in [-0.4, -0.2) is 35.7 Å². The van der Waals surface area contributed by atoms with Gasteiger partial charge in [0.1, 0.15) is 0 Å². The summed E-state index contributed by atoms with van der Waals surface area (Å²) in [7, 11) is 1.43. The van der Waals surface area contributed by atoms with Crippen LogP contribution in [0, 0.1) is 33.0 Å². The van der Waals surface area contributed by atoms with Crippen molar-refractivity contribution < 1.29 is 24.5 Å². The number of nitrogens with one attached hydrogen (secondary N) is 1. The Morgan fingerprint density at radius 1 is 0.917 bits per heavy atom. The minimum absolute atomic E-state index is 0.0242. The fourth-order valence-electron chi connectivity index (χ4n) is 5.28. The van der Waals surface area contributed by atoms with Crippen molar-refractivity contribution in [3.05, 3.63) is 23.8 Å². The molecule has 0 aliphatic rings. The smallest absolute Gasteiger partial charge is 0.309 e. The second-order valence-corrected chi connectivity index (χ2v) is 14.1. The number of esters is 1. The van der Waals surface area contributed by atoms with Gasteiger partial charge >= 0.3 is 5.97 Å². The van der Waals surface area contributed by atoms with Gasteiger partial charge < -0.3 is 20.3 Å². The fraction of sp³-hybridized carbons (Fsp3) is 0.733. The number of rotatable bonds is 10. The molecule has 0 radical (unpaired) electrons. The molecule has 2 atom stereocenters. The van der Waals surface area contributed by atoms with Crippen LogP contribution in [0.4, 0.5) is 0 Å². The van der Waals surface area contributed by atoms with Crippen molar-refractivity contribution in [3.63, 3.8) is 0 Å². The average Bonchev–Trinajstić information content (AvgIpc) is 2.71. The lowest BCUT2D eigenvalue weighted by atomic mass is 9.48. The maximum Gasteiger partial charge on any atom is 0.309 e. The Balaban J connectivity index is 3.29. The van der Waals surface area contributed by atoms with E-state index in [4.69, 9.17) is 4.74 Å². The lowest BCUT2D eigenvalue weighted by Gasteiger charge is -2.55. The number of methoxy groups -OCH3 is 1. The molecule has 0 aliphatic carbocycles. The third-order valence-electron chi connectivity index (χ3n) is 8.44. The first-order valence-corrected chi connectivity index (χ1v) is 13.0. The summed E-state index contributed by atoms with van der Waals surface area (Å²) >= 11 is 0. The van der Waals surface area contributed by atoms with Crippen molar-refractivity contribution >= 4 is 11.9 Å². The number of benzene rings is 1. The zero-order valence-corrected chi connectivity index (χ0v) is 24.8. The van der Waals surface area contributed by atoms with Crippen LogP contribution in [0.15, 0.2) is 18.2 Å². The zero-order chi connectivity index (χ0) is 28.3. The highest BCUT2D eigenvalue weighted by atomic mass is 16.5. The van der Waals surface area contributed by atoms with Gasteiger partial charge in [-0.15, -0.1) is 0 Å². The first-order chi connectivity index (χ1) is 16.1. The average molecular weight is 506 g/mol. The summed E-state index contributed by atoms with van der Waals surface area (Å²) in [5.41, 5.74) is -1.14. The number of hydrogen-bond donors (Lipinski definition) is 3. The molecule has 1 amide bonds. The van der Waals surface area contributed by atoms with Crippen LogP contribution in [0.1, 0.15) is 94.6 Å². The number of hydrogen-bond acceptors (Lipinski definition) is 5. The minimum Gasteiger partial charge on any atom is -0.504 e. The largest absolute Gasteiger partial charge is 0.504 e. The van der Waals surface area contributed by atoms with Gasteiger partial charge in [-0.1, -0.05) is 82.2 Å². The van der Waals surface area contributed by atoms with E-state index >= 15 is 0 Å². The molecule has 0 heterocycles. The van der Waals surface area contributed by atoms with Crippen LogP contribution < -0.4 is 5.32 Å².